The Morgan fingerprint density at radius 3 is 2.65 bits per heavy atom. The smallest absolute Gasteiger partial charge is 0.307 e. The summed E-state index contributed by atoms with van der Waals surface area (Å²) in [5.41, 5.74) is 0.472. The molecule has 31 heavy (non-hydrogen) atoms. The highest BCUT2D eigenvalue weighted by molar-refractivity contribution is 5.98. The fourth-order valence-corrected chi connectivity index (χ4v) is 4.49. The molecule has 0 radical (unpaired) electrons. The number of esters is 1. The molecule has 9 heteroatoms. The van der Waals surface area contributed by atoms with Crippen LogP contribution in [-0.4, -0.2) is 71.0 Å². The number of amides is 3. The summed E-state index contributed by atoms with van der Waals surface area (Å²) in [6.45, 7) is 2.77. The molecule has 4 rings (SSSR count). The van der Waals surface area contributed by atoms with Crippen molar-refractivity contribution >= 4 is 23.7 Å². The minimum atomic E-state index is -0.766. The average Bonchev–Trinajstić information content (AvgIpc) is 3.05. The van der Waals surface area contributed by atoms with E-state index in [2.05, 4.69) is 10.6 Å². The fraction of sp³-hybridized carbons (Fsp3) is 0.545. The van der Waals surface area contributed by atoms with E-state index in [-0.39, 0.29) is 54.7 Å². The maximum atomic E-state index is 13.4. The second kappa shape index (κ2) is 9.05. The van der Waals surface area contributed by atoms with Gasteiger partial charge in [0.2, 0.25) is 5.91 Å². The summed E-state index contributed by atoms with van der Waals surface area (Å²) >= 11 is 0. The van der Waals surface area contributed by atoms with E-state index in [0.717, 1.165) is 12.8 Å². The van der Waals surface area contributed by atoms with Crippen molar-refractivity contribution in [2.24, 2.45) is 0 Å². The summed E-state index contributed by atoms with van der Waals surface area (Å²) in [7, 11) is 0. The van der Waals surface area contributed by atoms with Gasteiger partial charge >= 0.3 is 5.97 Å². The molecule has 3 aliphatic rings. The summed E-state index contributed by atoms with van der Waals surface area (Å²) in [6, 6.07) is 7.61. The van der Waals surface area contributed by atoms with Crippen LogP contribution in [0.5, 0.6) is 0 Å². The van der Waals surface area contributed by atoms with Gasteiger partial charge in [0.25, 0.3) is 11.8 Å². The molecule has 0 bridgehead atoms. The van der Waals surface area contributed by atoms with Crippen LogP contribution in [0.2, 0.25) is 0 Å². The maximum Gasteiger partial charge on any atom is 0.307 e. The molecule has 3 fully saturated rings. The van der Waals surface area contributed by atoms with Gasteiger partial charge in [-0.3, -0.25) is 24.2 Å². The number of rotatable bonds is 5. The molecule has 1 aromatic rings. The van der Waals surface area contributed by atoms with Gasteiger partial charge in [-0.2, -0.15) is 0 Å². The van der Waals surface area contributed by atoms with Gasteiger partial charge in [0.1, 0.15) is 12.1 Å². The standard InChI is InChI=1S/C22H28N4O5/c1-14-18(12-20(28)31-14)23-13-16-8-5-11-25-19(27)10-9-17(22(30)26(16)25)24-21(29)15-6-3-2-4-7-15/h2-4,6-7,14,16-18,23H,5,8-13H2,1H3,(H,24,29)/t14?,16-,17-,18-/m0/s1. The zero-order valence-electron chi connectivity index (χ0n) is 17.6. The van der Waals surface area contributed by atoms with Crippen LogP contribution in [0.25, 0.3) is 0 Å². The third-order valence-corrected chi connectivity index (χ3v) is 6.20. The first kappa shape index (κ1) is 21.3. The number of cyclic esters (lactones) is 1. The third-order valence-electron chi connectivity index (χ3n) is 6.20. The highest BCUT2D eigenvalue weighted by Gasteiger charge is 2.42. The molecule has 166 valence electrons. The Morgan fingerprint density at radius 1 is 1.16 bits per heavy atom. The molecule has 1 unspecified atom stereocenters. The topological polar surface area (TPSA) is 108 Å². The average molecular weight is 428 g/mol. The molecular formula is C22H28N4O5. The largest absolute Gasteiger partial charge is 0.461 e. The van der Waals surface area contributed by atoms with Crippen molar-refractivity contribution in [3.63, 3.8) is 0 Å². The van der Waals surface area contributed by atoms with E-state index in [0.29, 0.717) is 25.1 Å². The molecule has 3 amide bonds. The monoisotopic (exact) mass is 428 g/mol. The van der Waals surface area contributed by atoms with E-state index < -0.39 is 6.04 Å². The maximum absolute atomic E-state index is 13.4. The Kier molecular flexibility index (Phi) is 6.22. The van der Waals surface area contributed by atoms with E-state index in [1.165, 1.54) is 10.0 Å². The molecule has 2 N–H and O–H groups in total. The van der Waals surface area contributed by atoms with Gasteiger partial charge < -0.3 is 15.4 Å². The predicted molar refractivity (Wildman–Crippen MR) is 110 cm³/mol. The summed E-state index contributed by atoms with van der Waals surface area (Å²) in [5, 5.41) is 9.22. The minimum Gasteiger partial charge on any atom is -0.461 e. The Hall–Kier alpha value is -2.94. The minimum absolute atomic E-state index is 0.109. The summed E-state index contributed by atoms with van der Waals surface area (Å²) < 4.78 is 5.19. The van der Waals surface area contributed by atoms with Crippen LogP contribution < -0.4 is 10.6 Å². The van der Waals surface area contributed by atoms with Crippen LogP contribution in [0.15, 0.2) is 30.3 Å². The van der Waals surface area contributed by atoms with Crippen molar-refractivity contribution in [2.75, 3.05) is 13.1 Å². The number of hydrogen-bond donors (Lipinski definition) is 2. The second-order valence-electron chi connectivity index (χ2n) is 8.34. The molecule has 1 aromatic carbocycles. The number of hydrogen-bond acceptors (Lipinski definition) is 6. The molecule has 4 atom stereocenters. The quantitative estimate of drug-likeness (QED) is 0.666. The van der Waals surface area contributed by atoms with E-state index in [4.69, 9.17) is 4.74 Å². The Bertz CT molecular complexity index is 861. The van der Waals surface area contributed by atoms with Gasteiger partial charge in [0.15, 0.2) is 0 Å². The Balaban J connectivity index is 1.48. The highest BCUT2D eigenvalue weighted by Crippen LogP contribution is 2.25. The number of nitrogens with zero attached hydrogens (tertiary/aromatic N) is 2. The number of ether oxygens (including phenoxy) is 1. The first-order chi connectivity index (χ1) is 14.9. The summed E-state index contributed by atoms with van der Waals surface area (Å²) in [4.78, 5) is 50.3. The van der Waals surface area contributed by atoms with E-state index in [9.17, 15) is 19.2 Å². The summed E-state index contributed by atoms with van der Waals surface area (Å²) in [6.07, 6.45) is 2.05. The second-order valence-corrected chi connectivity index (χ2v) is 8.34. The molecule has 0 spiro atoms. The van der Waals surface area contributed by atoms with Gasteiger partial charge in [0, 0.05) is 25.1 Å². The van der Waals surface area contributed by atoms with Crippen molar-refractivity contribution < 1.29 is 23.9 Å². The van der Waals surface area contributed by atoms with Crippen LogP contribution in [0, 0.1) is 0 Å². The Morgan fingerprint density at radius 2 is 1.94 bits per heavy atom. The van der Waals surface area contributed by atoms with Crippen molar-refractivity contribution in [1.82, 2.24) is 20.7 Å². The number of fused-ring (bicyclic) bond motifs is 1. The van der Waals surface area contributed by atoms with Crippen LogP contribution in [0.3, 0.4) is 0 Å². The van der Waals surface area contributed by atoms with E-state index in [1.807, 2.05) is 13.0 Å². The van der Waals surface area contributed by atoms with Crippen LogP contribution in [0.1, 0.15) is 49.4 Å². The molecule has 0 saturated carbocycles. The van der Waals surface area contributed by atoms with Crippen LogP contribution >= 0.6 is 0 Å². The number of nitrogens with one attached hydrogen (secondary N) is 2. The lowest BCUT2D eigenvalue weighted by Crippen LogP contribution is -2.62. The lowest BCUT2D eigenvalue weighted by molar-refractivity contribution is -0.172. The molecular weight excluding hydrogens is 400 g/mol. The van der Waals surface area contributed by atoms with Crippen LogP contribution in [-0.2, 0) is 19.1 Å². The van der Waals surface area contributed by atoms with E-state index in [1.54, 1.807) is 24.3 Å². The van der Waals surface area contributed by atoms with Gasteiger partial charge in [-0.05, 0) is 38.3 Å². The van der Waals surface area contributed by atoms with Crippen molar-refractivity contribution in [3.8, 4) is 0 Å². The molecule has 0 aliphatic carbocycles. The summed E-state index contributed by atoms with van der Waals surface area (Å²) in [5.74, 6) is -0.947. The fourth-order valence-electron chi connectivity index (χ4n) is 4.49. The molecule has 0 aromatic heterocycles. The number of carbonyl (C=O) groups excluding carboxylic acids is 4. The van der Waals surface area contributed by atoms with E-state index >= 15 is 0 Å². The predicted octanol–water partition coefficient (Wildman–Crippen LogP) is 0.607. The number of hydrazine groups is 1. The van der Waals surface area contributed by atoms with Crippen LogP contribution in [0.4, 0.5) is 0 Å². The zero-order valence-corrected chi connectivity index (χ0v) is 17.6. The first-order valence-corrected chi connectivity index (χ1v) is 10.9. The lowest BCUT2D eigenvalue weighted by atomic mass is 10.0. The Labute approximate surface area is 181 Å². The van der Waals surface area contributed by atoms with Gasteiger partial charge in [-0.15, -0.1) is 0 Å². The number of carbonyl (C=O) groups is 4. The highest BCUT2D eigenvalue weighted by atomic mass is 16.6. The normalized spacial score (nSPS) is 28.7. The van der Waals surface area contributed by atoms with Gasteiger partial charge in [-0.25, -0.2) is 5.01 Å². The van der Waals surface area contributed by atoms with Gasteiger partial charge in [0.05, 0.1) is 18.5 Å². The molecule has 3 aliphatic heterocycles. The molecule has 9 nitrogen and oxygen atoms in total. The first-order valence-electron chi connectivity index (χ1n) is 10.9. The molecule has 3 saturated heterocycles. The SMILES string of the molecule is CC1OC(=O)C[C@@H]1NC[C@@H]1CCCN2C(=O)CC[C@H](NC(=O)c3ccccc3)C(=O)N12. The van der Waals surface area contributed by atoms with Gasteiger partial charge in [-0.1, -0.05) is 18.2 Å². The number of benzene rings is 1. The van der Waals surface area contributed by atoms with Crippen molar-refractivity contribution in [2.45, 2.75) is 63.3 Å². The third kappa shape index (κ3) is 4.56. The lowest BCUT2D eigenvalue weighted by Gasteiger charge is -2.44. The molecule has 3 heterocycles. The zero-order chi connectivity index (χ0) is 22.0. The van der Waals surface area contributed by atoms with Crippen molar-refractivity contribution in [3.05, 3.63) is 35.9 Å². The van der Waals surface area contributed by atoms with Crippen molar-refractivity contribution in [1.29, 1.82) is 0 Å².